The maximum atomic E-state index is 12.4. The zero-order chi connectivity index (χ0) is 17.8. The maximum absolute atomic E-state index is 12.4. The van der Waals surface area contributed by atoms with Crippen LogP contribution in [0, 0.1) is 6.92 Å². The Morgan fingerprint density at radius 2 is 1.96 bits per heavy atom. The van der Waals surface area contributed by atoms with Crippen molar-refractivity contribution in [2.45, 2.75) is 13.5 Å². The van der Waals surface area contributed by atoms with Crippen molar-refractivity contribution in [3.63, 3.8) is 0 Å². The molecule has 1 amide bonds. The molecule has 1 aliphatic rings. The van der Waals surface area contributed by atoms with Crippen LogP contribution in [0.3, 0.4) is 0 Å². The molecule has 3 rings (SSSR count). The second-order valence-electron chi connectivity index (χ2n) is 6.37. The summed E-state index contributed by atoms with van der Waals surface area (Å²) in [4.78, 5) is 16.6. The highest BCUT2D eigenvalue weighted by molar-refractivity contribution is 6.32. The Morgan fingerprint density at radius 1 is 1.24 bits per heavy atom. The van der Waals surface area contributed by atoms with Gasteiger partial charge in [-0.1, -0.05) is 29.8 Å². The van der Waals surface area contributed by atoms with E-state index in [0.29, 0.717) is 5.02 Å². The molecule has 1 saturated heterocycles. The minimum atomic E-state index is 0.0390. The summed E-state index contributed by atoms with van der Waals surface area (Å²) in [5.41, 5.74) is 3.19. The lowest BCUT2D eigenvalue weighted by atomic mass is 10.2. The molecule has 132 valence electrons. The van der Waals surface area contributed by atoms with Crippen LogP contribution < -0.4 is 0 Å². The number of rotatable bonds is 4. The standard InChI is InChI=1S/C19H23ClN4O/c1-15-17(13-22(2)21-15)14-23-9-11-24(12-10-23)19(25)8-7-16-5-3-4-6-18(16)20/h3-8,13H,9-12,14H2,1-2H3/b8-7+. The lowest BCUT2D eigenvalue weighted by Crippen LogP contribution is -2.47. The van der Waals surface area contributed by atoms with Crippen molar-refractivity contribution in [2.75, 3.05) is 26.2 Å². The number of piperazine rings is 1. The predicted molar refractivity (Wildman–Crippen MR) is 100 cm³/mol. The van der Waals surface area contributed by atoms with Crippen LogP contribution in [-0.4, -0.2) is 51.7 Å². The Labute approximate surface area is 153 Å². The summed E-state index contributed by atoms with van der Waals surface area (Å²) in [7, 11) is 1.94. The first-order valence-corrected chi connectivity index (χ1v) is 8.84. The van der Waals surface area contributed by atoms with Crippen molar-refractivity contribution in [2.24, 2.45) is 7.05 Å². The maximum Gasteiger partial charge on any atom is 0.246 e. The number of carbonyl (C=O) groups is 1. The number of aryl methyl sites for hydroxylation is 2. The normalized spacial score (nSPS) is 15.9. The van der Waals surface area contributed by atoms with Crippen LogP contribution in [-0.2, 0) is 18.4 Å². The van der Waals surface area contributed by atoms with Gasteiger partial charge in [0.25, 0.3) is 0 Å². The largest absolute Gasteiger partial charge is 0.337 e. The summed E-state index contributed by atoms with van der Waals surface area (Å²) in [6, 6.07) is 7.52. The molecule has 1 aromatic carbocycles. The number of hydrogen-bond donors (Lipinski definition) is 0. The fraction of sp³-hybridized carbons (Fsp3) is 0.368. The van der Waals surface area contributed by atoms with Crippen LogP contribution in [0.2, 0.25) is 5.02 Å². The van der Waals surface area contributed by atoms with Crippen LogP contribution >= 0.6 is 11.6 Å². The van der Waals surface area contributed by atoms with Gasteiger partial charge in [-0.3, -0.25) is 14.4 Å². The Hall–Kier alpha value is -2.11. The first-order chi connectivity index (χ1) is 12.0. The van der Waals surface area contributed by atoms with Crippen LogP contribution in [0.15, 0.2) is 36.5 Å². The first-order valence-electron chi connectivity index (χ1n) is 8.46. The molecule has 1 fully saturated rings. The van der Waals surface area contributed by atoms with Crippen LogP contribution in [0.25, 0.3) is 6.08 Å². The van der Waals surface area contributed by atoms with E-state index >= 15 is 0 Å². The molecule has 1 aliphatic heterocycles. The lowest BCUT2D eigenvalue weighted by Gasteiger charge is -2.34. The predicted octanol–water partition coefficient (Wildman–Crippen LogP) is 2.74. The zero-order valence-electron chi connectivity index (χ0n) is 14.7. The molecule has 0 aliphatic carbocycles. The molecule has 1 aromatic heterocycles. The average molecular weight is 359 g/mol. The minimum absolute atomic E-state index is 0.0390. The van der Waals surface area contributed by atoms with E-state index in [1.165, 1.54) is 5.56 Å². The number of amides is 1. The van der Waals surface area contributed by atoms with E-state index in [4.69, 9.17) is 11.6 Å². The van der Waals surface area contributed by atoms with E-state index in [2.05, 4.69) is 16.2 Å². The van der Waals surface area contributed by atoms with Crippen molar-refractivity contribution < 1.29 is 4.79 Å². The fourth-order valence-electron chi connectivity index (χ4n) is 3.05. The monoisotopic (exact) mass is 358 g/mol. The molecule has 0 N–H and O–H groups in total. The molecule has 0 bridgehead atoms. The van der Waals surface area contributed by atoms with E-state index in [0.717, 1.165) is 44.0 Å². The Kier molecular flexibility index (Phi) is 5.56. The van der Waals surface area contributed by atoms with Gasteiger partial charge in [-0.2, -0.15) is 5.10 Å². The highest BCUT2D eigenvalue weighted by Crippen LogP contribution is 2.17. The third-order valence-corrected chi connectivity index (χ3v) is 4.85. The molecule has 5 nitrogen and oxygen atoms in total. The third kappa shape index (κ3) is 4.50. The van der Waals surface area contributed by atoms with Gasteiger partial charge in [0.05, 0.1) is 5.69 Å². The number of halogens is 1. The SMILES string of the molecule is Cc1nn(C)cc1CN1CCN(C(=O)/C=C/c2ccccc2Cl)CC1. The summed E-state index contributed by atoms with van der Waals surface area (Å²) in [5.74, 6) is 0.0390. The molecule has 0 unspecified atom stereocenters. The van der Waals surface area contributed by atoms with Gasteiger partial charge < -0.3 is 4.90 Å². The minimum Gasteiger partial charge on any atom is -0.337 e. The summed E-state index contributed by atoms with van der Waals surface area (Å²) >= 11 is 6.11. The van der Waals surface area contributed by atoms with Gasteiger partial charge in [-0.25, -0.2) is 0 Å². The van der Waals surface area contributed by atoms with E-state index in [9.17, 15) is 4.79 Å². The Balaban J connectivity index is 1.52. The quantitative estimate of drug-likeness (QED) is 0.789. The summed E-state index contributed by atoms with van der Waals surface area (Å²) in [6.45, 7) is 6.15. The van der Waals surface area contributed by atoms with Gasteiger partial charge in [0.1, 0.15) is 0 Å². The number of hydrogen-bond acceptors (Lipinski definition) is 3. The van der Waals surface area contributed by atoms with E-state index < -0.39 is 0 Å². The Bertz CT molecular complexity index is 775. The number of nitrogens with zero attached hydrogens (tertiary/aromatic N) is 4. The van der Waals surface area contributed by atoms with Gasteiger partial charge >= 0.3 is 0 Å². The van der Waals surface area contributed by atoms with Gasteiger partial charge in [0, 0.05) is 62.6 Å². The zero-order valence-corrected chi connectivity index (χ0v) is 15.4. The van der Waals surface area contributed by atoms with Crippen molar-refractivity contribution in [3.05, 3.63) is 58.4 Å². The molecule has 6 heteroatoms. The van der Waals surface area contributed by atoms with Crippen molar-refractivity contribution in [3.8, 4) is 0 Å². The topological polar surface area (TPSA) is 41.4 Å². The Morgan fingerprint density at radius 3 is 2.60 bits per heavy atom. The molecular formula is C19H23ClN4O. The molecule has 2 heterocycles. The lowest BCUT2D eigenvalue weighted by molar-refractivity contribution is -0.127. The van der Waals surface area contributed by atoms with Crippen LogP contribution in [0.1, 0.15) is 16.8 Å². The van der Waals surface area contributed by atoms with Crippen molar-refractivity contribution >= 4 is 23.6 Å². The smallest absolute Gasteiger partial charge is 0.246 e. The fourth-order valence-corrected chi connectivity index (χ4v) is 3.25. The highest BCUT2D eigenvalue weighted by atomic mass is 35.5. The molecular weight excluding hydrogens is 336 g/mol. The van der Waals surface area contributed by atoms with Crippen LogP contribution in [0.4, 0.5) is 0 Å². The molecule has 2 aromatic rings. The average Bonchev–Trinajstić information content (AvgIpc) is 2.92. The summed E-state index contributed by atoms with van der Waals surface area (Å²) in [6.07, 6.45) is 5.47. The summed E-state index contributed by atoms with van der Waals surface area (Å²) in [5, 5.41) is 5.04. The second-order valence-corrected chi connectivity index (χ2v) is 6.78. The molecule has 0 spiro atoms. The van der Waals surface area contributed by atoms with Gasteiger partial charge in [-0.15, -0.1) is 0 Å². The van der Waals surface area contributed by atoms with Gasteiger partial charge in [0.15, 0.2) is 0 Å². The second kappa shape index (κ2) is 7.85. The molecule has 0 saturated carbocycles. The van der Waals surface area contributed by atoms with Gasteiger partial charge in [0.2, 0.25) is 5.91 Å². The van der Waals surface area contributed by atoms with E-state index in [-0.39, 0.29) is 5.91 Å². The molecule has 25 heavy (non-hydrogen) atoms. The molecule has 0 radical (unpaired) electrons. The van der Waals surface area contributed by atoms with E-state index in [1.807, 2.05) is 47.8 Å². The third-order valence-electron chi connectivity index (χ3n) is 4.50. The number of carbonyl (C=O) groups excluding carboxylic acids is 1. The number of aromatic nitrogens is 2. The summed E-state index contributed by atoms with van der Waals surface area (Å²) < 4.78 is 1.85. The van der Waals surface area contributed by atoms with Crippen molar-refractivity contribution in [1.82, 2.24) is 19.6 Å². The van der Waals surface area contributed by atoms with Gasteiger partial charge in [-0.05, 0) is 24.6 Å². The highest BCUT2D eigenvalue weighted by Gasteiger charge is 2.20. The van der Waals surface area contributed by atoms with Crippen LogP contribution in [0.5, 0.6) is 0 Å². The van der Waals surface area contributed by atoms with E-state index in [1.54, 1.807) is 12.2 Å². The first kappa shape index (κ1) is 17.7. The van der Waals surface area contributed by atoms with Crippen molar-refractivity contribution in [1.29, 1.82) is 0 Å². The number of benzene rings is 1. The molecule has 0 atom stereocenters.